The van der Waals surface area contributed by atoms with Gasteiger partial charge in [-0.25, -0.2) is 0 Å². The average Bonchev–Trinajstić information content (AvgIpc) is 2.34. The Balaban J connectivity index is 2.42. The summed E-state index contributed by atoms with van der Waals surface area (Å²) in [4.78, 5) is 23.2. The highest BCUT2D eigenvalue weighted by molar-refractivity contribution is 6.34. The molecule has 0 aliphatic carbocycles. The van der Waals surface area contributed by atoms with Crippen LogP contribution in [0.1, 0.15) is 33.6 Å². The van der Waals surface area contributed by atoms with Gasteiger partial charge in [-0.3, -0.25) is 9.59 Å². The number of benzene rings is 1. The Morgan fingerprint density at radius 3 is 2.05 bits per heavy atom. The van der Waals surface area contributed by atoms with Gasteiger partial charge in [-0.2, -0.15) is 0 Å². The van der Waals surface area contributed by atoms with Crippen molar-refractivity contribution in [2.75, 3.05) is 0 Å². The predicted octanol–water partition coefficient (Wildman–Crippen LogP) is 4.27. The molecular weight excluding hydrogens is 315 g/mol. The first kappa shape index (κ1) is 17.8. The first-order chi connectivity index (χ1) is 9.77. The molecular formula is C15H18Cl2O4. The van der Waals surface area contributed by atoms with E-state index in [0.717, 1.165) is 0 Å². The van der Waals surface area contributed by atoms with Crippen LogP contribution in [0, 0.1) is 5.92 Å². The van der Waals surface area contributed by atoms with E-state index in [1.807, 2.05) is 20.8 Å². The smallest absolute Gasteiger partial charge is 0.311 e. The van der Waals surface area contributed by atoms with Crippen molar-refractivity contribution in [3.8, 4) is 5.75 Å². The zero-order valence-electron chi connectivity index (χ0n) is 12.2. The van der Waals surface area contributed by atoms with Gasteiger partial charge in [0.1, 0.15) is 11.9 Å². The van der Waals surface area contributed by atoms with E-state index < -0.39 is 11.9 Å². The zero-order valence-corrected chi connectivity index (χ0v) is 13.7. The van der Waals surface area contributed by atoms with Gasteiger partial charge in [-0.05, 0) is 31.0 Å². The summed E-state index contributed by atoms with van der Waals surface area (Å²) in [6.45, 7) is 5.72. The third-order valence-electron chi connectivity index (χ3n) is 2.86. The van der Waals surface area contributed by atoms with Gasteiger partial charge in [-0.1, -0.05) is 37.0 Å². The second-order valence-corrected chi connectivity index (χ2v) is 5.89. The number of halogens is 2. The molecule has 6 heteroatoms. The van der Waals surface area contributed by atoms with Crippen LogP contribution in [0.15, 0.2) is 18.2 Å². The van der Waals surface area contributed by atoms with Crippen LogP contribution in [-0.4, -0.2) is 18.0 Å². The molecule has 1 atom stereocenters. The van der Waals surface area contributed by atoms with Crippen LogP contribution in [0.2, 0.25) is 10.0 Å². The standard InChI is InChI=1S/C15H18Cl2O4/c1-9(2)10(3)20-14(18)4-5-15(19)21-13-7-11(16)6-12(17)8-13/h6-10H,4-5H2,1-3H3. The fourth-order valence-electron chi connectivity index (χ4n) is 1.38. The number of ether oxygens (including phenoxy) is 2. The van der Waals surface area contributed by atoms with Gasteiger partial charge in [0, 0.05) is 10.0 Å². The largest absolute Gasteiger partial charge is 0.462 e. The van der Waals surface area contributed by atoms with Gasteiger partial charge in [0.25, 0.3) is 0 Å². The summed E-state index contributed by atoms with van der Waals surface area (Å²) in [5, 5.41) is 0.742. The number of rotatable bonds is 6. The highest BCUT2D eigenvalue weighted by atomic mass is 35.5. The summed E-state index contributed by atoms with van der Waals surface area (Å²) in [5.41, 5.74) is 0. The topological polar surface area (TPSA) is 52.6 Å². The molecule has 116 valence electrons. The number of carbonyl (C=O) groups is 2. The molecule has 0 saturated heterocycles. The maximum Gasteiger partial charge on any atom is 0.311 e. The third-order valence-corrected chi connectivity index (χ3v) is 3.29. The van der Waals surface area contributed by atoms with Crippen LogP contribution in [0.4, 0.5) is 0 Å². The Kier molecular flexibility index (Phi) is 6.99. The first-order valence-corrected chi connectivity index (χ1v) is 7.39. The van der Waals surface area contributed by atoms with Crippen molar-refractivity contribution in [2.45, 2.75) is 39.7 Å². The molecule has 0 fully saturated rings. The molecule has 0 bridgehead atoms. The fraction of sp³-hybridized carbons (Fsp3) is 0.467. The predicted molar refractivity (Wildman–Crippen MR) is 81.7 cm³/mol. The normalized spacial score (nSPS) is 12.1. The first-order valence-electron chi connectivity index (χ1n) is 6.64. The monoisotopic (exact) mass is 332 g/mol. The quantitative estimate of drug-likeness (QED) is 0.576. The lowest BCUT2D eigenvalue weighted by Gasteiger charge is -2.16. The Bertz CT molecular complexity index is 494. The van der Waals surface area contributed by atoms with Crippen LogP contribution in [0.3, 0.4) is 0 Å². The van der Waals surface area contributed by atoms with E-state index in [9.17, 15) is 9.59 Å². The highest BCUT2D eigenvalue weighted by Crippen LogP contribution is 2.24. The number of hydrogen-bond acceptors (Lipinski definition) is 4. The van der Waals surface area contributed by atoms with Crippen molar-refractivity contribution in [3.63, 3.8) is 0 Å². The lowest BCUT2D eigenvalue weighted by molar-refractivity contribution is -0.152. The van der Waals surface area contributed by atoms with Crippen LogP contribution >= 0.6 is 23.2 Å². The van der Waals surface area contributed by atoms with Crippen molar-refractivity contribution < 1.29 is 19.1 Å². The summed E-state index contributed by atoms with van der Waals surface area (Å²) in [6, 6.07) is 4.49. The minimum absolute atomic E-state index is 0.0236. The average molecular weight is 333 g/mol. The van der Waals surface area contributed by atoms with Crippen molar-refractivity contribution >= 4 is 35.1 Å². The minimum atomic E-state index is -0.539. The van der Waals surface area contributed by atoms with Crippen molar-refractivity contribution in [1.29, 1.82) is 0 Å². The van der Waals surface area contributed by atoms with E-state index >= 15 is 0 Å². The van der Waals surface area contributed by atoms with E-state index in [1.165, 1.54) is 18.2 Å². The maximum absolute atomic E-state index is 11.6. The molecule has 0 saturated carbocycles. The molecule has 0 N–H and O–H groups in total. The summed E-state index contributed by atoms with van der Waals surface area (Å²) >= 11 is 11.6. The second-order valence-electron chi connectivity index (χ2n) is 5.02. The van der Waals surface area contributed by atoms with Gasteiger partial charge in [0.05, 0.1) is 12.8 Å². The van der Waals surface area contributed by atoms with Crippen LogP contribution in [-0.2, 0) is 14.3 Å². The summed E-state index contributed by atoms with van der Waals surface area (Å²) < 4.78 is 10.2. The number of carbonyl (C=O) groups excluding carboxylic acids is 2. The molecule has 0 heterocycles. The Hall–Kier alpha value is -1.26. The lowest BCUT2D eigenvalue weighted by atomic mass is 10.1. The van der Waals surface area contributed by atoms with Gasteiger partial charge in [-0.15, -0.1) is 0 Å². The second kappa shape index (κ2) is 8.25. The molecule has 0 radical (unpaired) electrons. The lowest BCUT2D eigenvalue weighted by Crippen LogP contribution is -2.21. The van der Waals surface area contributed by atoms with Crippen LogP contribution in [0.5, 0.6) is 5.75 Å². The molecule has 1 aromatic carbocycles. The molecule has 0 aliphatic rings. The molecule has 1 rings (SSSR count). The summed E-state index contributed by atoms with van der Waals surface area (Å²) in [7, 11) is 0. The SMILES string of the molecule is CC(C)C(C)OC(=O)CCC(=O)Oc1cc(Cl)cc(Cl)c1. The van der Waals surface area contributed by atoms with E-state index in [2.05, 4.69) is 0 Å². The fourth-order valence-corrected chi connectivity index (χ4v) is 1.88. The Morgan fingerprint density at radius 1 is 1.00 bits per heavy atom. The van der Waals surface area contributed by atoms with E-state index in [1.54, 1.807) is 0 Å². The summed E-state index contributed by atoms with van der Waals surface area (Å²) in [5.74, 6) is -0.476. The van der Waals surface area contributed by atoms with Crippen molar-refractivity contribution in [1.82, 2.24) is 0 Å². The number of esters is 2. The van der Waals surface area contributed by atoms with Crippen LogP contribution < -0.4 is 4.74 Å². The molecule has 0 spiro atoms. The molecule has 1 unspecified atom stereocenters. The molecule has 0 aromatic heterocycles. The van der Waals surface area contributed by atoms with Crippen molar-refractivity contribution in [3.05, 3.63) is 28.2 Å². The van der Waals surface area contributed by atoms with E-state index in [4.69, 9.17) is 32.7 Å². The Morgan fingerprint density at radius 2 is 1.52 bits per heavy atom. The highest BCUT2D eigenvalue weighted by Gasteiger charge is 2.15. The minimum Gasteiger partial charge on any atom is -0.462 e. The van der Waals surface area contributed by atoms with Crippen LogP contribution in [0.25, 0.3) is 0 Å². The van der Waals surface area contributed by atoms with Gasteiger partial charge in [0.15, 0.2) is 0 Å². The van der Waals surface area contributed by atoms with Gasteiger partial charge in [0.2, 0.25) is 0 Å². The molecule has 0 aliphatic heterocycles. The summed E-state index contributed by atoms with van der Waals surface area (Å²) in [6.07, 6.45) is -0.266. The maximum atomic E-state index is 11.6. The molecule has 21 heavy (non-hydrogen) atoms. The van der Waals surface area contributed by atoms with E-state index in [-0.39, 0.29) is 30.6 Å². The van der Waals surface area contributed by atoms with E-state index in [0.29, 0.717) is 10.0 Å². The third kappa shape index (κ3) is 6.82. The molecule has 4 nitrogen and oxygen atoms in total. The molecule has 1 aromatic rings. The van der Waals surface area contributed by atoms with Crippen molar-refractivity contribution in [2.24, 2.45) is 5.92 Å². The van der Waals surface area contributed by atoms with Gasteiger partial charge >= 0.3 is 11.9 Å². The molecule has 0 amide bonds. The Labute approximate surface area is 134 Å². The zero-order chi connectivity index (χ0) is 16.0. The van der Waals surface area contributed by atoms with Gasteiger partial charge < -0.3 is 9.47 Å². The number of hydrogen-bond donors (Lipinski definition) is 0.